The fourth-order valence-corrected chi connectivity index (χ4v) is 2.26. The molecule has 6 heteroatoms. The third-order valence-electron chi connectivity index (χ3n) is 3.48. The van der Waals surface area contributed by atoms with Crippen LogP contribution in [0.3, 0.4) is 0 Å². The van der Waals surface area contributed by atoms with Crippen molar-refractivity contribution in [1.82, 2.24) is 10.2 Å². The third-order valence-corrected chi connectivity index (χ3v) is 3.48. The van der Waals surface area contributed by atoms with Crippen molar-refractivity contribution in [3.8, 4) is 0 Å². The Balaban J connectivity index is 2.27. The molecule has 1 rings (SSSR count). The lowest BCUT2D eigenvalue weighted by atomic mass is 10.1. The number of carbonyl (C=O) groups is 2. The van der Waals surface area contributed by atoms with Gasteiger partial charge in [0.05, 0.1) is 6.10 Å². The van der Waals surface area contributed by atoms with Gasteiger partial charge in [-0.25, -0.2) is 9.59 Å². The second-order valence-corrected chi connectivity index (χ2v) is 4.88. The van der Waals surface area contributed by atoms with Crippen LogP contribution in [0.25, 0.3) is 0 Å². The fourth-order valence-electron chi connectivity index (χ4n) is 2.26. The van der Waals surface area contributed by atoms with Crippen molar-refractivity contribution in [1.29, 1.82) is 0 Å². The normalized spacial score (nSPS) is 20.6. The Bertz CT molecular complexity index is 303. The summed E-state index contributed by atoms with van der Waals surface area (Å²) in [5, 5.41) is 11.7. The molecule has 2 amide bonds. The zero-order valence-corrected chi connectivity index (χ0v) is 11.7. The summed E-state index contributed by atoms with van der Waals surface area (Å²) in [6, 6.07) is -1.11. The second-order valence-electron chi connectivity index (χ2n) is 4.88. The van der Waals surface area contributed by atoms with Gasteiger partial charge in [-0.3, -0.25) is 0 Å². The van der Waals surface area contributed by atoms with Gasteiger partial charge < -0.3 is 20.1 Å². The molecule has 1 fully saturated rings. The van der Waals surface area contributed by atoms with Gasteiger partial charge in [-0.05, 0) is 32.1 Å². The van der Waals surface area contributed by atoms with E-state index >= 15 is 0 Å². The van der Waals surface area contributed by atoms with E-state index in [0.29, 0.717) is 13.0 Å². The van der Waals surface area contributed by atoms with Crippen LogP contribution in [0.15, 0.2) is 0 Å². The first-order valence-electron chi connectivity index (χ1n) is 6.91. The van der Waals surface area contributed by atoms with Crippen LogP contribution in [0.5, 0.6) is 0 Å². The first-order chi connectivity index (χ1) is 9.06. The molecule has 1 saturated heterocycles. The second kappa shape index (κ2) is 7.99. The minimum absolute atomic E-state index is 0.223. The van der Waals surface area contributed by atoms with E-state index in [4.69, 9.17) is 9.84 Å². The zero-order valence-electron chi connectivity index (χ0n) is 11.7. The molecule has 1 heterocycles. The summed E-state index contributed by atoms with van der Waals surface area (Å²) in [5.41, 5.74) is 0. The number of nitrogens with zero attached hydrogens (tertiary/aromatic N) is 1. The molecule has 0 bridgehead atoms. The van der Waals surface area contributed by atoms with E-state index in [1.807, 2.05) is 0 Å². The maximum absolute atomic E-state index is 11.8. The highest BCUT2D eigenvalue weighted by atomic mass is 16.5. The molecule has 6 nitrogen and oxygen atoms in total. The Morgan fingerprint density at radius 3 is 2.74 bits per heavy atom. The number of likely N-dealkylation sites (N-methyl/N-ethyl adjacent to an activating group) is 1. The van der Waals surface area contributed by atoms with Gasteiger partial charge in [0.25, 0.3) is 0 Å². The minimum Gasteiger partial charge on any atom is -0.480 e. The van der Waals surface area contributed by atoms with E-state index in [9.17, 15) is 9.59 Å². The molecule has 2 unspecified atom stereocenters. The summed E-state index contributed by atoms with van der Waals surface area (Å²) in [7, 11) is 1.51. The van der Waals surface area contributed by atoms with Gasteiger partial charge in [-0.15, -0.1) is 0 Å². The van der Waals surface area contributed by atoms with Gasteiger partial charge in [-0.2, -0.15) is 0 Å². The Morgan fingerprint density at radius 1 is 1.47 bits per heavy atom. The standard InChI is InChI=1S/C13H24N2O4/c1-3-11(12(16)17)15(2)13(18)14-8-7-10-6-4-5-9-19-10/h10-11H,3-9H2,1-2H3,(H,14,18)(H,16,17). The summed E-state index contributed by atoms with van der Waals surface area (Å²) in [6.45, 7) is 3.07. The van der Waals surface area contributed by atoms with Crippen molar-refractivity contribution in [2.75, 3.05) is 20.2 Å². The number of carbonyl (C=O) groups excluding carboxylic acids is 1. The number of hydrogen-bond acceptors (Lipinski definition) is 3. The third kappa shape index (κ3) is 5.06. The molecule has 1 aliphatic heterocycles. The average molecular weight is 272 g/mol. The van der Waals surface area contributed by atoms with E-state index in [2.05, 4.69) is 5.32 Å². The lowest BCUT2D eigenvalue weighted by molar-refractivity contribution is -0.141. The van der Waals surface area contributed by atoms with Crippen LogP contribution in [0.2, 0.25) is 0 Å². The molecular formula is C13H24N2O4. The fraction of sp³-hybridized carbons (Fsp3) is 0.846. The first kappa shape index (κ1) is 15.8. The van der Waals surface area contributed by atoms with Crippen LogP contribution < -0.4 is 5.32 Å². The average Bonchev–Trinajstić information content (AvgIpc) is 2.40. The SMILES string of the molecule is CCC(C(=O)O)N(C)C(=O)NCCC1CCCCO1. The predicted octanol–water partition coefficient (Wildman–Crippen LogP) is 1.45. The number of ether oxygens (including phenoxy) is 1. The molecule has 0 aliphatic carbocycles. The zero-order chi connectivity index (χ0) is 14.3. The Labute approximate surface area is 114 Å². The highest BCUT2D eigenvalue weighted by Gasteiger charge is 2.24. The monoisotopic (exact) mass is 272 g/mol. The highest BCUT2D eigenvalue weighted by Crippen LogP contribution is 2.14. The van der Waals surface area contributed by atoms with Gasteiger partial charge in [0.15, 0.2) is 0 Å². The van der Waals surface area contributed by atoms with Crippen LogP contribution >= 0.6 is 0 Å². The van der Waals surface area contributed by atoms with Crippen LogP contribution in [0.4, 0.5) is 4.79 Å². The quantitative estimate of drug-likeness (QED) is 0.767. The maximum atomic E-state index is 11.8. The Kier molecular flexibility index (Phi) is 6.62. The summed E-state index contributed by atoms with van der Waals surface area (Å²) in [6.07, 6.45) is 4.73. The van der Waals surface area contributed by atoms with Gasteiger partial charge >= 0.3 is 12.0 Å². The summed E-state index contributed by atoms with van der Waals surface area (Å²) in [4.78, 5) is 24.0. The van der Waals surface area contributed by atoms with Gasteiger partial charge in [-0.1, -0.05) is 6.92 Å². The summed E-state index contributed by atoms with van der Waals surface area (Å²) in [5.74, 6) is -0.976. The van der Waals surface area contributed by atoms with Gasteiger partial charge in [0.2, 0.25) is 0 Å². The number of aliphatic carboxylic acids is 1. The van der Waals surface area contributed by atoms with Crippen molar-refractivity contribution in [3.05, 3.63) is 0 Å². The van der Waals surface area contributed by atoms with Gasteiger partial charge in [0.1, 0.15) is 6.04 Å². The molecule has 2 N–H and O–H groups in total. The molecule has 0 aromatic carbocycles. The molecule has 0 radical (unpaired) electrons. The molecule has 2 atom stereocenters. The molecule has 0 aromatic heterocycles. The number of hydrogen-bond donors (Lipinski definition) is 2. The van der Waals surface area contributed by atoms with E-state index in [1.54, 1.807) is 6.92 Å². The first-order valence-corrected chi connectivity index (χ1v) is 6.91. The van der Waals surface area contributed by atoms with E-state index in [1.165, 1.54) is 18.4 Å². The molecular weight excluding hydrogens is 248 g/mol. The minimum atomic E-state index is -0.976. The lowest BCUT2D eigenvalue weighted by Crippen LogP contribution is -2.47. The van der Waals surface area contributed by atoms with Crippen molar-refractivity contribution in [2.24, 2.45) is 0 Å². The molecule has 0 saturated carbocycles. The van der Waals surface area contributed by atoms with E-state index < -0.39 is 12.0 Å². The molecule has 19 heavy (non-hydrogen) atoms. The number of rotatable bonds is 6. The predicted molar refractivity (Wildman–Crippen MR) is 71.1 cm³/mol. The molecule has 0 spiro atoms. The Morgan fingerprint density at radius 2 is 2.21 bits per heavy atom. The summed E-state index contributed by atoms with van der Waals surface area (Å²) < 4.78 is 5.57. The number of amides is 2. The number of carboxylic acids is 1. The van der Waals surface area contributed by atoms with E-state index in [-0.39, 0.29) is 12.1 Å². The molecule has 0 aromatic rings. The topological polar surface area (TPSA) is 78.9 Å². The van der Waals surface area contributed by atoms with Gasteiger partial charge in [0, 0.05) is 20.2 Å². The highest BCUT2D eigenvalue weighted by molar-refractivity contribution is 5.82. The van der Waals surface area contributed by atoms with Crippen LogP contribution in [0, 0.1) is 0 Å². The van der Waals surface area contributed by atoms with Crippen molar-refractivity contribution in [3.63, 3.8) is 0 Å². The van der Waals surface area contributed by atoms with Crippen molar-refractivity contribution >= 4 is 12.0 Å². The van der Waals surface area contributed by atoms with Crippen LogP contribution in [0.1, 0.15) is 39.0 Å². The molecule has 1 aliphatic rings. The number of urea groups is 1. The van der Waals surface area contributed by atoms with Crippen molar-refractivity contribution in [2.45, 2.75) is 51.2 Å². The van der Waals surface area contributed by atoms with Crippen LogP contribution in [-0.2, 0) is 9.53 Å². The lowest BCUT2D eigenvalue weighted by Gasteiger charge is -2.25. The Hall–Kier alpha value is -1.30. The number of carboxylic acid groups (broad SMARTS) is 1. The van der Waals surface area contributed by atoms with Crippen LogP contribution in [-0.4, -0.2) is 54.4 Å². The number of nitrogens with one attached hydrogen (secondary N) is 1. The largest absolute Gasteiger partial charge is 0.480 e. The maximum Gasteiger partial charge on any atom is 0.326 e. The molecule has 110 valence electrons. The van der Waals surface area contributed by atoms with Crippen molar-refractivity contribution < 1.29 is 19.4 Å². The van der Waals surface area contributed by atoms with E-state index in [0.717, 1.165) is 25.9 Å². The smallest absolute Gasteiger partial charge is 0.326 e. The summed E-state index contributed by atoms with van der Waals surface area (Å²) >= 11 is 0.